The second kappa shape index (κ2) is 6.06. The molecule has 1 aliphatic rings. The van der Waals surface area contributed by atoms with Gasteiger partial charge in [-0.25, -0.2) is 0 Å². The topological polar surface area (TPSA) is 58.6 Å². The van der Waals surface area contributed by atoms with E-state index in [0.717, 1.165) is 17.7 Å². The average molecular weight is 263 g/mol. The number of hydrogen-bond donors (Lipinski definition) is 2. The molecule has 2 N–H and O–H groups in total. The SMILES string of the molecule is CC(C)CC(O)CNC(=O)c1ccc2c(c1)CCO2. The second-order valence-corrected chi connectivity index (χ2v) is 5.41. The van der Waals surface area contributed by atoms with Crippen molar-refractivity contribution in [3.05, 3.63) is 29.3 Å². The number of carbonyl (C=O) groups is 1. The van der Waals surface area contributed by atoms with Crippen LogP contribution in [0.2, 0.25) is 0 Å². The molecule has 1 aromatic carbocycles. The molecule has 1 unspecified atom stereocenters. The lowest BCUT2D eigenvalue weighted by molar-refractivity contribution is 0.0900. The average Bonchev–Trinajstić information content (AvgIpc) is 2.82. The van der Waals surface area contributed by atoms with Crippen molar-refractivity contribution in [1.29, 1.82) is 0 Å². The largest absolute Gasteiger partial charge is 0.493 e. The van der Waals surface area contributed by atoms with Gasteiger partial charge in [0.15, 0.2) is 0 Å². The number of aliphatic hydroxyl groups is 1. The van der Waals surface area contributed by atoms with E-state index in [9.17, 15) is 9.90 Å². The molecule has 104 valence electrons. The van der Waals surface area contributed by atoms with Crippen LogP contribution in [0, 0.1) is 5.92 Å². The van der Waals surface area contributed by atoms with Gasteiger partial charge in [-0.1, -0.05) is 13.8 Å². The summed E-state index contributed by atoms with van der Waals surface area (Å²) in [6, 6.07) is 5.46. The molecular weight excluding hydrogens is 242 g/mol. The summed E-state index contributed by atoms with van der Waals surface area (Å²) in [7, 11) is 0. The first-order valence-electron chi connectivity index (χ1n) is 6.78. The minimum atomic E-state index is -0.485. The molecule has 1 atom stereocenters. The van der Waals surface area contributed by atoms with E-state index in [1.54, 1.807) is 6.07 Å². The third-order valence-electron chi connectivity index (χ3n) is 3.19. The van der Waals surface area contributed by atoms with Gasteiger partial charge in [-0.2, -0.15) is 0 Å². The molecule has 4 heteroatoms. The number of amides is 1. The van der Waals surface area contributed by atoms with Gasteiger partial charge in [0.05, 0.1) is 12.7 Å². The van der Waals surface area contributed by atoms with Gasteiger partial charge in [0.25, 0.3) is 5.91 Å². The zero-order valence-electron chi connectivity index (χ0n) is 11.5. The zero-order valence-corrected chi connectivity index (χ0v) is 11.5. The number of fused-ring (bicyclic) bond motifs is 1. The first-order valence-corrected chi connectivity index (χ1v) is 6.78. The van der Waals surface area contributed by atoms with Gasteiger partial charge >= 0.3 is 0 Å². The summed E-state index contributed by atoms with van der Waals surface area (Å²) >= 11 is 0. The van der Waals surface area contributed by atoms with Crippen LogP contribution in [-0.2, 0) is 6.42 Å². The maximum absolute atomic E-state index is 12.0. The maximum atomic E-state index is 12.0. The lowest BCUT2D eigenvalue weighted by Crippen LogP contribution is -2.32. The first-order chi connectivity index (χ1) is 9.06. The second-order valence-electron chi connectivity index (χ2n) is 5.41. The van der Waals surface area contributed by atoms with E-state index < -0.39 is 6.10 Å². The fourth-order valence-electron chi connectivity index (χ4n) is 2.27. The Bertz CT molecular complexity index is 457. The lowest BCUT2D eigenvalue weighted by atomic mass is 10.1. The molecule has 19 heavy (non-hydrogen) atoms. The van der Waals surface area contributed by atoms with Crippen LogP contribution in [0.1, 0.15) is 36.2 Å². The molecule has 2 rings (SSSR count). The van der Waals surface area contributed by atoms with Crippen molar-refractivity contribution in [1.82, 2.24) is 5.32 Å². The Morgan fingerprint density at radius 3 is 3.00 bits per heavy atom. The lowest BCUT2D eigenvalue weighted by Gasteiger charge is -2.14. The fourth-order valence-corrected chi connectivity index (χ4v) is 2.27. The highest BCUT2D eigenvalue weighted by atomic mass is 16.5. The van der Waals surface area contributed by atoms with Crippen molar-refractivity contribution >= 4 is 5.91 Å². The Hall–Kier alpha value is -1.55. The van der Waals surface area contributed by atoms with E-state index in [0.29, 0.717) is 31.1 Å². The molecule has 0 fully saturated rings. The summed E-state index contributed by atoms with van der Waals surface area (Å²) in [6.45, 7) is 5.08. The van der Waals surface area contributed by atoms with E-state index in [4.69, 9.17) is 4.74 Å². The molecule has 0 saturated carbocycles. The minimum Gasteiger partial charge on any atom is -0.493 e. The molecule has 0 saturated heterocycles. The van der Waals surface area contributed by atoms with Crippen molar-refractivity contribution in [2.75, 3.05) is 13.2 Å². The highest BCUT2D eigenvalue weighted by Gasteiger charge is 2.15. The summed E-state index contributed by atoms with van der Waals surface area (Å²) in [5.41, 5.74) is 1.70. The van der Waals surface area contributed by atoms with E-state index >= 15 is 0 Å². The maximum Gasteiger partial charge on any atom is 0.251 e. The molecule has 0 radical (unpaired) electrons. The van der Waals surface area contributed by atoms with Crippen LogP contribution in [0.25, 0.3) is 0 Å². The molecule has 0 aliphatic carbocycles. The molecule has 0 bridgehead atoms. The molecule has 1 aromatic rings. The Kier molecular flexibility index (Phi) is 4.43. The number of rotatable bonds is 5. The van der Waals surface area contributed by atoms with Crippen LogP contribution in [0.15, 0.2) is 18.2 Å². The number of nitrogens with one attached hydrogen (secondary N) is 1. The van der Waals surface area contributed by atoms with Gasteiger partial charge in [-0.05, 0) is 36.1 Å². The van der Waals surface area contributed by atoms with E-state index in [1.807, 2.05) is 26.0 Å². The molecule has 1 aliphatic heterocycles. The van der Waals surface area contributed by atoms with Gasteiger partial charge in [-0.15, -0.1) is 0 Å². The van der Waals surface area contributed by atoms with E-state index in [1.165, 1.54) is 0 Å². The Balaban J connectivity index is 1.90. The summed E-state index contributed by atoms with van der Waals surface area (Å²) in [4.78, 5) is 12.0. The van der Waals surface area contributed by atoms with Crippen LogP contribution < -0.4 is 10.1 Å². The predicted octanol–water partition coefficient (Wildman–Crippen LogP) is 1.76. The Morgan fingerprint density at radius 2 is 2.26 bits per heavy atom. The van der Waals surface area contributed by atoms with Gasteiger partial charge < -0.3 is 15.2 Å². The molecule has 0 spiro atoms. The number of benzene rings is 1. The summed E-state index contributed by atoms with van der Waals surface area (Å²) < 4.78 is 5.40. The highest BCUT2D eigenvalue weighted by molar-refractivity contribution is 5.94. The predicted molar refractivity (Wildman–Crippen MR) is 73.4 cm³/mol. The summed E-state index contributed by atoms with van der Waals surface area (Å²) in [5, 5.41) is 12.5. The third-order valence-corrected chi connectivity index (χ3v) is 3.19. The van der Waals surface area contributed by atoms with Crippen molar-refractivity contribution in [2.24, 2.45) is 5.92 Å². The van der Waals surface area contributed by atoms with Crippen molar-refractivity contribution in [3.63, 3.8) is 0 Å². The normalized spacial score (nSPS) is 14.9. The molecule has 1 heterocycles. The monoisotopic (exact) mass is 263 g/mol. The quantitative estimate of drug-likeness (QED) is 0.851. The van der Waals surface area contributed by atoms with Crippen molar-refractivity contribution in [3.8, 4) is 5.75 Å². The number of ether oxygens (including phenoxy) is 1. The van der Waals surface area contributed by atoms with Gasteiger partial charge in [-0.3, -0.25) is 4.79 Å². The van der Waals surface area contributed by atoms with Gasteiger partial charge in [0, 0.05) is 18.5 Å². The van der Waals surface area contributed by atoms with E-state index in [2.05, 4.69) is 5.32 Å². The van der Waals surface area contributed by atoms with Crippen LogP contribution in [0.5, 0.6) is 5.75 Å². The standard InChI is InChI=1S/C15H21NO3/c1-10(2)7-13(17)9-16-15(18)12-3-4-14-11(8-12)5-6-19-14/h3-4,8,10,13,17H,5-7,9H2,1-2H3,(H,16,18). The third kappa shape index (κ3) is 3.70. The van der Waals surface area contributed by atoms with Crippen LogP contribution in [-0.4, -0.2) is 30.3 Å². The van der Waals surface area contributed by atoms with Crippen LogP contribution in [0.4, 0.5) is 0 Å². The summed E-state index contributed by atoms with van der Waals surface area (Å²) in [6.07, 6.45) is 1.06. The molecule has 4 nitrogen and oxygen atoms in total. The highest BCUT2D eigenvalue weighted by Crippen LogP contribution is 2.25. The molecular formula is C15H21NO3. The molecule has 1 amide bonds. The van der Waals surface area contributed by atoms with Crippen LogP contribution >= 0.6 is 0 Å². The Labute approximate surface area is 113 Å². The van der Waals surface area contributed by atoms with Gasteiger partial charge in [0.1, 0.15) is 5.75 Å². The molecule has 0 aromatic heterocycles. The first kappa shape index (κ1) is 13.9. The number of hydrogen-bond acceptors (Lipinski definition) is 3. The number of carbonyl (C=O) groups excluding carboxylic acids is 1. The van der Waals surface area contributed by atoms with E-state index in [-0.39, 0.29) is 5.91 Å². The zero-order chi connectivity index (χ0) is 13.8. The Morgan fingerprint density at radius 1 is 1.47 bits per heavy atom. The minimum absolute atomic E-state index is 0.141. The fraction of sp³-hybridized carbons (Fsp3) is 0.533. The van der Waals surface area contributed by atoms with Gasteiger partial charge in [0.2, 0.25) is 0 Å². The van der Waals surface area contributed by atoms with Crippen LogP contribution in [0.3, 0.4) is 0 Å². The van der Waals surface area contributed by atoms with Crippen molar-refractivity contribution < 1.29 is 14.6 Å². The number of aliphatic hydroxyl groups excluding tert-OH is 1. The summed E-state index contributed by atoms with van der Waals surface area (Å²) in [5.74, 6) is 1.15. The smallest absolute Gasteiger partial charge is 0.251 e. The van der Waals surface area contributed by atoms with Crippen molar-refractivity contribution in [2.45, 2.75) is 32.8 Å².